The molecule has 0 spiro atoms. The van der Waals surface area contributed by atoms with Crippen LogP contribution in [0.5, 0.6) is 5.88 Å². The maximum atomic E-state index is 11.7. The van der Waals surface area contributed by atoms with Crippen LogP contribution < -0.4 is 0 Å². The summed E-state index contributed by atoms with van der Waals surface area (Å²) in [6.45, 7) is 6.93. The summed E-state index contributed by atoms with van der Waals surface area (Å²) in [5.41, 5.74) is 3.89. The lowest BCUT2D eigenvalue weighted by atomic mass is 9.92. The summed E-state index contributed by atoms with van der Waals surface area (Å²) in [5, 5.41) is 29.3. The first-order chi connectivity index (χ1) is 18.2. The molecule has 0 aliphatic carbocycles. The van der Waals surface area contributed by atoms with Crippen molar-refractivity contribution in [3.8, 4) is 17.0 Å². The number of fused-ring (bicyclic) bond motifs is 1. The predicted octanol–water partition coefficient (Wildman–Crippen LogP) is 6.69. The first-order valence-electron chi connectivity index (χ1n) is 12.3. The zero-order valence-electron chi connectivity index (χ0n) is 21.4. The van der Waals surface area contributed by atoms with Gasteiger partial charge in [0.2, 0.25) is 0 Å². The summed E-state index contributed by atoms with van der Waals surface area (Å²) in [6, 6.07) is 24.7. The van der Waals surface area contributed by atoms with Gasteiger partial charge < -0.3 is 14.8 Å². The van der Waals surface area contributed by atoms with Gasteiger partial charge in [-0.1, -0.05) is 93.2 Å². The molecule has 38 heavy (non-hydrogen) atoms. The van der Waals surface area contributed by atoms with Crippen LogP contribution in [0.1, 0.15) is 42.5 Å². The van der Waals surface area contributed by atoms with E-state index in [0.29, 0.717) is 34.6 Å². The van der Waals surface area contributed by atoms with Gasteiger partial charge in [-0.25, -0.2) is 9.78 Å². The topological polar surface area (TPSA) is 101 Å². The zero-order valence-corrected chi connectivity index (χ0v) is 22.2. The maximum absolute atomic E-state index is 11.7. The van der Waals surface area contributed by atoms with Gasteiger partial charge in [0.15, 0.2) is 5.03 Å². The first-order valence-corrected chi connectivity index (χ1v) is 13.1. The molecule has 192 valence electrons. The molecule has 0 saturated heterocycles. The van der Waals surface area contributed by atoms with E-state index in [0.717, 1.165) is 21.8 Å². The van der Waals surface area contributed by atoms with Gasteiger partial charge in [0, 0.05) is 17.9 Å². The lowest BCUT2D eigenvalue weighted by molar-refractivity contribution is 0.0697. The molecule has 2 N–H and O–H groups in total. The molecular weight excluding hydrogens is 496 g/mol. The summed E-state index contributed by atoms with van der Waals surface area (Å²) < 4.78 is 2.01. The van der Waals surface area contributed by atoms with Crippen LogP contribution in [0.25, 0.3) is 22.2 Å². The highest BCUT2D eigenvalue weighted by Gasteiger charge is 2.24. The van der Waals surface area contributed by atoms with Crippen molar-refractivity contribution in [2.24, 2.45) is 5.41 Å². The molecular formula is C30H28N4O3S. The Kier molecular flexibility index (Phi) is 6.91. The fraction of sp³-hybridized carbons (Fsp3) is 0.200. The van der Waals surface area contributed by atoms with E-state index in [2.05, 4.69) is 31.0 Å². The number of aromatic hydroxyl groups is 1. The van der Waals surface area contributed by atoms with Crippen LogP contribution in [0.15, 0.2) is 88.8 Å². The number of rotatable bonds is 7. The number of nitrogens with zero attached hydrogens (tertiary/aromatic N) is 4. The van der Waals surface area contributed by atoms with Gasteiger partial charge in [0.25, 0.3) is 5.88 Å². The second kappa shape index (κ2) is 10.3. The number of benzene rings is 3. The lowest BCUT2D eigenvalue weighted by Gasteiger charge is -2.19. The van der Waals surface area contributed by atoms with E-state index in [9.17, 15) is 15.0 Å². The van der Waals surface area contributed by atoms with Crippen LogP contribution in [0.4, 0.5) is 0 Å². The molecule has 0 aliphatic rings. The Bertz CT molecular complexity index is 1610. The monoisotopic (exact) mass is 524 g/mol. The molecule has 0 aliphatic heterocycles. The molecule has 0 bridgehead atoms. The third kappa shape index (κ3) is 5.40. The Morgan fingerprint density at radius 3 is 2.29 bits per heavy atom. The summed E-state index contributed by atoms with van der Waals surface area (Å²) in [4.78, 5) is 17.7. The van der Waals surface area contributed by atoms with Crippen LogP contribution in [-0.2, 0) is 13.0 Å². The second-order valence-corrected chi connectivity index (χ2v) is 11.4. The minimum absolute atomic E-state index is 0.0350. The van der Waals surface area contributed by atoms with Crippen LogP contribution in [-0.4, -0.2) is 35.9 Å². The highest BCUT2D eigenvalue weighted by molar-refractivity contribution is 7.99. The fourth-order valence-corrected chi connectivity index (χ4v) is 5.24. The van der Waals surface area contributed by atoms with Crippen molar-refractivity contribution in [3.63, 3.8) is 0 Å². The standard InChI is InChI=1S/C30H28N4O3S/c1-30(2,3)17-24-31-25-26(27(35)32-33-28(25)38-21-9-5-4-6-10-21)34(24)18-19-13-15-20(16-14-19)22-11-7-8-12-23(22)29(36)37/h4-16H,17-18H2,1-3H3,(H,32,35)(H,36,37). The lowest BCUT2D eigenvalue weighted by Crippen LogP contribution is -2.15. The quantitative estimate of drug-likeness (QED) is 0.245. The average Bonchev–Trinajstić information content (AvgIpc) is 3.24. The van der Waals surface area contributed by atoms with Crippen molar-refractivity contribution in [2.75, 3.05) is 0 Å². The zero-order chi connectivity index (χ0) is 26.9. The molecule has 3 aromatic carbocycles. The highest BCUT2D eigenvalue weighted by Crippen LogP contribution is 2.36. The molecule has 5 aromatic rings. The Labute approximate surface area is 225 Å². The van der Waals surface area contributed by atoms with Crippen LogP contribution >= 0.6 is 11.8 Å². The minimum Gasteiger partial charge on any atom is -0.491 e. The van der Waals surface area contributed by atoms with Gasteiger partial charge in [0.05, 0.1) is 5.56 Å². The molecule has 0 amide bonds. The number of carboxylic acid groups (broad SMARTS) is 1. The molecule has 5 rings (SSSR count). The van der Waals surface area contributed by atoms with Crippen molar-refractivity contribution in [1.29, 1.82) is 0 Å². The third-order valence-corrected chi connectivity index (χ3v) is 7.08. The number of carbonyl (C=O) groups is 1. The molecule has 7 nitrogen and oxygen atoms in total. The molecule has 2 heterocycles. The summed E-state index contributed by atoms with van der Waals surface area (Å²) in [6.07, 6.45) is 0.695. The molecule has 0 atom stereocenters. The normalized spacial score (nSPS) is 11.7. The van der Waals surface area contributed by atoms with Crippen molar-refractivity contribution >= 4 is 28.8 Å². The van der Waals surface area contributed by atoms with E-state index in [1.54, 1.807) is 12.1 Å². The molecule has 0 saturated carbocycles. The van der Waals surface area contributed by atoms with E-state index in [-0.39, 0.29) is 16.9 Å². The molecule has 2 aromatic heterocycles. The largest absolute Gasteiger partial charge is 0.491 e. The van der Waals surface area contributed by atoms with Gasteiger partial charge in [-0.15, -0.1) is 10.2 Å². The SMILES string of the molecule is CC(C)(C)Cc1nc2c(Sc3ccccc3)nnc(O)c2n1Cc1ccc(-c2ccccc2C(=O)O)cc1. The van der Waals surface area contributed by atoms with E-state index in [4.69, 9.17) is 4.98 Å². The number of aromatic carboxylic acids is 1. The van der Waals surface area contributed by atoms with Gasteiger partial charge in [-0.3, -0.25) is 0 Å². The van der Waals surface area contributed by atoms with Gasteiger partial charge in [-0.05, 0) is 40.3 Å². The van der Waals surface area contributed by atoms with Gasteiger partial charge in [0.1, 0.15) is 16.9 Å². The van der Waals surface area contributed by atoms with E-state index >= 15 is 0 Å². The second-order valence-electron chi connectivity index (χ2n) is 10.3. The predicted molar refractivity (Wildman–Crippen MR) is 149 cm³/mol. The Morgan fingerprint density at radius 1 is 0.921 bits per heavy atom. The van der Waals surface area contributed by atoms with Crippen LogP contribution in [0.3, 0.4) is 0 Å². The molecule has 0 radical (unpaired) electrons. The first kappa shape index (κ1) is 25.5. The summed E-state index contributed by atoms with van der Waals surface area (Å²) in [7, 11) is 0. The highest BCUT2D eigenvalue weighted by atomic mass is 32.2. The van der Waals surface area contributed by atoms with Gasteiger partial charge >= 0.3 is 5.97 Å². The number of hydrogen-bond donors (Lipinski definition) is 2. The molecule has 8 heteroatoms. The summed E-state index contributed by atoms with van der Waals surface area (Å²) in [5.74, 6) is -0.271. The smallest absolute Gasteiger partial charge is 0.336 e. The molecule has 0 fully saturated rings. The molecule has 0 unspecified atom stereocenters. The minimum atomic E-state index is -0.956. The number of hydrogen-bond acceptors (Lipinski definition) is 6. The number of imidazole rings is 1. The average molecular weight is 525 g/mol. The number of aromatic nitrogens is 4. The van der Waals surface area contributed by atoms with Gasteiger partial charge in [-0.2, -0.15) is 0 Å². The van der Waals surface area contributed by atoms with E-state index < -0.39 is 5.97 Å². The maximum Gasteiger partial charge on any atom is 0.336 e. The van der Waals surface area contributed by atoms with E-state index in [1.807, 2.05) is 71.3 Å². The Balaban J connectivity index is 1.56. The van der Waals surface area contributed by atoms with Crippen LogP contribution in [0.2, 0.25) is 0 Å². The Hall–Kier alpha value is -4.17. The number of carboxylic acids is 1. The summed E-state index contributed by atoms with van der Waals surface area (Å²) >= 11 is 1.47. The fourth-order valence-electron chi connectivity index (χ4n) is 4.40. The van der Waals surface area contributed by atoms with Crippen LogP contribution in [0, 0.1) is 5.41 Å². The van der Waals surface area contributed by atoms with Crippen molar-refractivity contribution in [1.82, 2.24) is 19.7 Å². The van der Waals surface area contributed by atoms with E-state index in [1.165, 1.54) is 11.8 Å². The van der Waals surface area contributed by atoms with Crippen molar-refractivity contribution in [3.05, 3.63) is 95.8 Å². The van der Waals surface area contributed by atoms with Crippen molar-refractivity contribution in [2.45, 2.75) is 43.7 Å². The third-order valence-electron chi connectivity index (χ3n) is 6.11. The van der Waals surface area contributed by atoms with Crippen molar-refractivity contribution < 1.29 is 15.0 Å². The Morgan fingerprint density at radius 2 is 1.61 bits per heavy atom.